The van der Waals surface area contributed by atoms with Crippen molar-refractivity contribution in [3.05, 3.63) is 0 Å². The van der Waals surface area contributed by atoms with Gasteiger partial charge in [0, 0.05) is 6.42 Å². The van der Waals surface area contributed by atoms with Crippen LogP contribution in [0.4, 0.5) is 0 Å². The first-order valence-electron chi connectivity index (χ1n) is 9.99. The Morgan fingerprint density at radius 1 is 0.867 bits per heavy atom. The lowest BCUT2D eigenvalue weighted by Crippen LogP contribution is -2.58. The molecular formula is C19H35N5O6. The molecule has 0 aromatic carbocycles. The average molecular weight is 430 g/mol. The number of aliphatic carboxylic acids is 1. The monoisotopic (exact) mass is 429 g/mol. The van der Waals surface area contributed by atoms with Crippen LogP contribution < -0.4 is 27.4 Å². The van der Waals surface area contributed by atoms with Gasteiger partial charge in [0.1, 0.15) is 18.1 Å². The molecule has 11 heteroatoms. The maximum absolute atomic E-state index is 12.6. The Morgan fingerprint density at radius 2 is 1.40 bits per heavy atom. The first kappa shape index (κ1) is 27.3. The summed E-state index contributed by atoms with van der Waals surface area (Å²) >= 11 is 0. The van der Waals surface area contributed by atoms with Gasteiger partial charge in [-0.15, -0.1) is 0 Å². The van der Waals surface area contributed by atoms with Crippen molar-refractivity contribution in [1.82, 2.24) is 16.0 Å². The van der Waals surface area contributed by atoms with E-state index in [0.717, 1.165) is 0 Å². The number of amides is 4. The molecule has 0 fully saturated rings. The molecule has 0 saturated carbocycles. The highest BCUT2D eigenvalue weighted by Gasteiger charge is 2.32. The Bertz CT molecular complexity index is 639. The number of carbonyl (C=O) groups is 5. The number of carboxylic acids is 1. The van der Waals surface area contributed by atoms with Gasteiger partial charge >= 0.3 is 5.97 Å². The van der Waals surface area contributed by atoms with Crippen molar-refractivity contribution < 1.29 is 29.1 Å². The molecular weight excluding hydrogens is 394 g/mol. The smallest absolute Gasteiger partial charge is 0.326 e. The van der Waals surface area contributed by atoms with Crippen LogP contribution in [0, 0.1) is 11.8 Å². The number of primary amides is 1. The molecule has 0 heterocycles. The Kier molecular flexibility index (Phi) is 11.6. The average Bonchev–Trinajstić information content (AvgIpc) is 2.66. The van der Waals surface area contributed by atoms with Gasteiger partial charge in [-0.3, -0.25) is 19.2 Å². The maximum atomic E-state index is 12.6. The van der Waals surface area contributed by atoms with E-state index in [2.05, 4.69) is 16.0 Å². The number of rotatable bonds is 13. The van der Waals surface area contributed by atoms with Gasteiger partial charge in [0.15, 0.2) is 0 Å². The predicted molar refractivity (Wildman–Crippen MR) is 110 cm³/mol. The second-order valence-corrected chi connectivity index (χ2v) is 7.78. The lowest BCUT2D eigenvalue weighted by atomic mass is 9.97. The highest BCUT2D eigenvalue weighted by Crippen LogP contribution is 2.10. The van der Waals surface area contributed by atoms with Crippen LogP contribution in [0.25, 0.3) is 0 Å². The van der Waals surface area contributed by atoms with Crippen molar-refractivity contribution in [2.45, 2.75) is 78.0 Å². The van der Waals surface area contributed by atoms with Crippen LogP contribution in [0.15, 0.2) is 0 Å². The van der Waals surface area contributed by atoms with E-state index in [1.807, 2.05) is 6.92 Å². The maximum Gasteiger partial charge on any atom is 0.326 e. The minimum absolute atomic E-state index is 0.0404. The third-order valence-corrected chi connectivity index (χ3v) is 4.81. The van der Waals surface area contributed by atoms with Crippen LogP contribution in [-0.4, -0.2) is 58.9 Å². The molecule has 0 aromatic heterocycles. The van der Waals surface area contributed by atoms with Crippen molar-refractivity contribution in [3.63, 3.8) is 0 Å². The molecule has 172 valence electrons. The van der Waals surface area contributed by atoms with Crippen LogP contribution in [-0.2, 0) is 24.0 Å². The van der Waals surface area contributed by atoms with Gasteiger partial charge in [-0.25, -0.2) is 4.79 Å². The summed E-state index contributed by atoms with van der Waals surface area (Å²) in [5.74, 6) is -4.26. The van der Waals surface area contributed by atoms with Crippen molar-refractivity contribution in [2.24, 2.45) is 23.3 Å². The van der Waals surface area contributed by atoms with E-state index in [-0.39, 0.29) is 24.7 Å². The molecule has 0 aliphatic rings. The second kappa shape index (κ2) is 12.8. The molecule has 11 nitrogen and oxygen atoms in total. The normalized spacial score (nSPS) is 16.0. The fourth-order valence-corrected chi connectivity index (χ4v) is 2.55. The molecule has 0 spiro atoms. The number of hydrogen-bond donors (Lipinski definition) is 6. The molecule has 4 amide bonds. The summed E-state index contributed by atoms with van der Waals surface area (Å²) in [7, 11) is 0. The first-order valence-corrected chi connectivity index (χ1v) is 9.99. The van der Waals surface area contributed by atoms with E-state index in [4.69, 9.17) is 11.5 Å². The molecule has 0 aliphatic carbocycles. The van der Waals surface area contributed by atoms with E-state index in [0.29, 0.717) is 6.42 Å². The summed E-state index contributed by atoms with van der Waals surface area (Å²) in [6.45, 7) is 8.34. The van der Waals surface area contributed by atoms with Crippen molar-refractivity contribution in [1.29, 1.82) is 0 Å². The van der Waals surface area contributed by atoms with Crippen molar-refractivity contribution in [2.75, 3.05) is 0 Å². The third-order valence-electron chi connectivity index (χ3n) is 4.81. The summed E-state index contributed by atoms with van der Waals surface area (Å²) in [6, 6.07) is -4.09. The van der Waals surface area contributed by atoms with E-state index in [1.54, 1.807) is 20.8 Å². The minimum Gasteiger partial charge on any atom is -0.480 e. The molecule has 0 radical (unpaired) electrons. The van der Waals surface area contributed by atoms with Crippen molar-refractivity contribution >= 4 is 29.6 Å². The quantitative estimate of drug-likeness (QED) is 0.212. The van der Waals surface area contributed by atoms with Crippen LogP contribution in [0.1, 0.15) is 53.9 Å². The predicted octanol–water partition coefficient (Wildman–Crippen LogP) is -1.16. The zero-order valence-electron chi connectivity index (χ0n) is 18.2. The fraction of sp³-hybridized carbons (Fsp3) is 0.737. The topological polar surface area (TPSA) is 194 Å². The molecule has 8 N–H and O–H groups in total. The third kappa shape index (κ3) is 9.21. The van der Waals surface area contributed by atoms with Crippen LogP contribution >= 0.6 is 0 Å². The summed E-state index contributed by atoms with van der Waals surface area (Å²) in [5, 5.41) is 16.8. The van der Waals surface area contributed by atoms with Gasteiger partial charge in [0.25, 0.3) is 0 Å². The Labute approximate surface area is 176 Å². The lowest BCUT2D eigenvalue weighted by molar-refractivity contribution is -0.144. The number of hydrogen-bond acceptors (Lipinski definition) is 6. The van der Waals surface area contributed by atoms with Gasteiger partial charge in [-0.2, -0.15) is 0 Å². The molecule has 5 atom stereocenters. The highest BCUT2D eigenvalue weighted by atomic mass is 16.4. The molecule has 30 heavy (non-hydrogen) atoms. The standard InChI is InChI=1S/C19H35N5O6/c1-6-10(4)15(19(29)30)24-18(28)14(9(2)3)23-16(26)11(5)22-17(27)12(20)7-8-13(21)25/h9-12,14-15H,6-8,20H2,1-5H3,(H2,21,25)(H,22,27)(H,23,26)(H,24,28)(H,29,30). The van der Waals surface area contributed by atoms with Gasteiger partial charge < -0.3 is 32.5 Å². The number of carbonyl (C=O) groups excluding carboxylic acids is 4. The SMILES string of the molecule is CCC(C)C(NC(=O)C(NC(=O)C(C)NC(=O)C(N)CCC(N)=O)C(C)C)C(=O)O. The Morgan fingerprint density at radius 3 is 1.83 bits per heavy atom. The highest BCUT2D eigenvalue weighted by molar-refractivity contribution is 5.94. The molecule has 0 bridgehead atoms. The second-order valence-electron chi connectivity index (χ2n) is 7.78. The van der Waals surface area contributed by atoms with Crippen LogP contribution in [0.5, 0.6) is 0 Å². The molecule has 0 rings (SSSR count). The van der Waals surface area contributed by atoms with E-state index < -0.39 is 53.8 Å². The largest absolute Gasteiger partial charge is 0.480 e. The molecule has 0 saturated heterocycles. The Hall–Kier alpha value is -2.69. The fourth-order valence-electron chi connectivity index (χ4n) is 2.55. The molecule has 0 aliphatic heterocycles. The van der Waals surface area contributed by atoms with Crippen molar-refractivity contribution in [3.8, 4) is 0 Å². The number of carboxylic acid groups (broad SMARTS) is 1. The molecule has 0 aromatic rings. The summed E-state index contributed by atoms with van der Waals surface area (Å²) in [5.41, 5.74) is 10.7. The summed E-state index contributed by atoms with van der Waals surface area (Å²) in [6.07, 6.45) is 0.527. The van der Waals surface area contributed by atoms with Gasteiger partial charge in [-0.1, -0.05) is 34.1 Å². The van der Waals surface area contributed by atoms with Gasteiger partial charge in [-0.05, 0) is 25.2 Å². The zero-order chi connectivity index (χ0) is 23.6. The van der Waals surface area contributed by atoms with E-state index in [1.165, 1.54) is 6.92 Å². The minimum atomic E-state index is -1.16. The lowest BCUT2D eigenvalue weighted by Gasteiger charge is -2.27. The number of nitrogens with two attached hydrogens (primary N) is 2. The van der Waals surface area contributed by atoms with E-state index >= 15 is 0 Å². The summed E-state index contributed by atoms with van der Waals surface area (Å²) in [4.78, 5) is 59.3. The van der Waals surface area contributed by atoms with Gasteiger partial charge in [0.2, 0.25) is 23.6 Å². The van der Waals surface area contributed by atoms with Gasteiger partial charge in [0.05, 0.1) is 6.04 Å². The number of nitrogens with one attached hydrogen (secondary N) is 3. The summed E-state index contributed by atoms with van der Waals surface area (Å²) < 4.78 is 0. The zero-order valence-corrected chi connectivity index (χ0v) is 18.2. The van der Waals surface area contributed by atoms with E-state index in [9.17, 15) is 29.1 Å². The first-order chi connectivity index (χ1) is 13.8. The van der Waals surface area contributed by atoms with Crippen LogP contribution in [0.3, 0.4) is 0 Å². The molecule has 5 unspecified atom stereocenters. The van der Waals surface area contributed by atoms with Crippen LogP contribution in [0.2, 0.25) is 0 Å². The Balaban J connectivity index is 5.02.